The van der Waals surface area contributed by atoms with Gasteiger partial charge in [-0.3, -0.25) is 28.9 Å². The molecule has 2 unspecified atom stereocenters. The Kier molecular flexibility index (Phi) is 6.99. The van der Waals surface area contributed by atoms with E-state index in [1.165, 1.54) is 4.90 Å². The summed E-state index contributed by atoms with van der Waals surface area (Å²) >= 11 is 0. The minimum Gasteiger partial charge on any atom is -0.507 e. The van der Waals surface area contributed by atoms with Gasteiger partial charge in [0.05, 0.1) is 17.5 Å². The lowest BCUT2D eigenvalue weighted by molar-refractivity contribution is -0.181. The Morgan fingerprint density at radius 1 is 1.15 bits per heavy atom. The molecule has 4 aliphatic rings. The molecule has 5 N–H and O–H groups in total. The normalized spacial score (nSPS) is 33.6. The summed E-state index contributed by atoms with van der Waals surface area (Å²) in [5.74, 6) is -10.2. The fourth-order valence-electron chi connectivity index (χ4n) is 7.23. The molecule has 1 aromatic rings. The van der Waals surface area contributed by atoms with Crippen LogP contribution in [0.2, 0.25) is 0 Å². The first-order chi connectivity index (χ1) is 18.4. The fourth-order valence-corrected chi connectivity index (χ4v) is 7.23. The molecule has 11 nitrogen and oxygen atoms in total. The SMILES string of the molecule is CN1CCC(NCc2ccc3c(c2O)C(=O)C2C(=O)[C@]4(O)C(=O)C(C(N)=O)C(=O)[C@@H](N(C)C)[C@@H]4C[C@@H]2C3)CC1. The average Bonchev–Trinajstić information content (AvgIpc) is 2.86. The molecule has 1 saturated heterocycles. The van der Waals surface area contributed by atoms with Gasteiger partial charge in [-0.1, -0.05) is 12.1 Å². The quantitative estimate of drug-likeness (QED) is 0.342. The Bertz CT molecular complexity index is 1250. The molecule has 1 aromatic carbocycles. The second kappa shape index (κ2) is 9.88. The molecule has 1 aliphatic heterocycles. The molecule has 5 rings (SSSR count). The van der Waals surface area contributed by atoms with Crippen molar-refractivity contribution in [3.05, 3.63) is 28.8 Å². The third kappa shape index (κ3) is 4.23. The number of fused-ring (bicyclic) bond motifs is 3. The van der Waals surface area contributed by atoms with Crippen LogP contribution in [0.25, 0.3) is 0 Å². The number of nitrogens with zero attached hydrogens (tertiary/aromatic N) is 2. The number of likely N-dealkylation sites (tertiary alicyclic amines) is 1. The molecule has 11 heteroatoms. The van der Waals surface area contributed by atoms with E-state index in [1.807, 2.05) is 0 Å². The molecule has 6 atom stereocenters. The van der Waals surface area contributed by atoms with Gasteiger partial charge in [-0.2, -0.15) is 0 Å². The van der Waals surface area contributed by atoms with E-state index in [1.54, 1.807) is 26.2 Å². The van der Waals surface area contributed by atoms with Gasteiger partial charge in [-0.25, -0.2) is 0 Å². The number of benzene rings is 1. The van der Waals surface area contributed by atoms with Gasteiger partial charge in [0.1, 0.15) is 5.75 Å². The molecule has 0 radical (unpaired) electrons. The minimum atomic E-state index is -2.71. The molecular formula is C28H36N4O7. The standard InChI is InChI=1S/C28H36N4O7/c1-31(2)21-17-11-15-10-13-4-5-14(12-30-16-6-8-32(3)9-7-16)22(33)18(13)23(34)19(15)25(36)28(17,39)26(37)20(24(21)35)27(29)38/h4-5,15-17,19-21,30,33,39H,6-12H2,1-3H3,(H2,29,38)/t15-,17-,19?,20?,21-,28-/m0/s1. The van der Waals surface area contributed by atoms with Crippen molar-refractivity contribution in [1.82, 2.24) is 15.1 Å². The summed E-state index contributed by atoms with van der Waals surface area (Å²) in [6.45, 7) is 2.29. The van der Waals surface area contributed by atoms with E-state index < -0.39 is 64.4 Å². The van der Waals surface area contributed by atoms with Crippen molar-refractivity contribution in [2.45, 2.75) is 49.9 Å². The molecule has 210 valence electrons. The first-order valence-electron chi connectivity index (χ1n) is 13.5. The second-order valence-corrected chi connectivity index (χ2v) is 11.9. The summed E-state index contributed by atoms with van der Waals surface area (Å²) in [6.07, 6.45) is 2.25. The van der Waals surface area contributed by atoms with Crippen molar-refractivity contribution in [1.29, 1.82) is 0 Å². The molecular weight excluding hydrogens is 504 g/mol. The number of aliphatic hydroxyl groups is 1. The summed E-state index contributed by atoms with van der Waals surface area (Å²) in [6, 6.07) is 2.74. The molecule has 0 bridgehead atoms. The van der Waals surface area contributed by atoms with Gasteiger partial charge in [0.25, 0.3) is 0 Å². The molecule has 1 heterocycles. The van der Waals surface area contributed by atoms with Crippen molar-refractivity contribution in [3.63, 3.8) is 0 Å². The van der Waals surface area contributed by atoms with Gasteiger partial charge in [0.2, 0.25) is 5.91 Å². The van der Waals surface area contributed by atoms with Crippen LogP contribution < -0.4 is 11.1 Å². The van der Waals surface area contributed by atoms with Crippen molar-refractivity contribution in [3.8, 4) is 5.75 Å². The Morgan fingerprint density at radius 3 is 2.44 bits per heavy atom. The second-order valence-electron chi connectivity index (χ2n) is 11.9. The van der Waals surface area contributed by atoms with Crippen molar-refractivity contribution < 1.29 is 34.2 Å². The van der Waals surface area contributed by atoms with Gasteiger partial charge in [-0.15, -0.1) is 0 Å². The summed E-state index contributed by atoms with van der Waals surface area (Å²) < 4.78 is 0. The van der Waals surface area contributed by atoms with Gasteiger partial charge in [0.15, 0.2) is 34.7 Å². The number of rotatable bonds is 5. The third-order valence-electron chi connectivity index (χ3n) is 9.32. The van der Waals surface area contributed by atoms with Crippen LogP contribution in [0.3, 0.4) is 0 Å². The Hall–Kier alpha value is -2.99. The number of carbonyl (C=O) groups is 5. The van der Waals surface area contributed by atoms with Gasteiger partial charge < -0.3 is 26.2 Å². The highest BCUT2D eigenvalue weighted by Gasteiger charge is 2.69. The topological polar surface area (TPSA) is 170 Å². The van der Waals surface area contributed by atoms with Crippen LogP contribution in [0.1, 0.15) is 40.7 Å². The molecule has 3 aliphatic carbocycles. The summed E-state index contributed by atoms with van der Waals surface area (Å²) in [5.41, 5.74) is 3.79. The highest BCUT2D eigenvalue weighted by molar-refractivity contribution is 6.32. The van der Waals surface area contributed by atoms with Crippen LogP contribution in [-0.4, -0.2) is 101 Å². The van der Waals surface area contributed by atoms with Crippen LogP contribution in [0.4, 0.5) is 0 Å². The number of Topliss-reactive ketones (excluding diaryl/α,β-unsaturated/α-hetero) is 4. The minimum absolute atomic E-state index is 0.0317. The number of carbonyl (C=O) groups excluding carboxylic acids is 5. The number of aromatic hydroxyl groups is 1. The average molecular weight is 541 g/mol. The molecule has 1 amide bonds. The van der Waals surface area contributed by atoms with E-state index in [0.717, 1.165) is 25.9 Å². The number of nitrogens with one attached hydrogen (secondary N) is 1. The van der Waals surface area contributed by atoms with Crippen LogP contribution >= 0.6 is 0 Å². The van der Waals surface area contributed by atoms with E-state index in [2.05, 4.69) is 17.3 Å². The summed E-state index contributed by atoms with van der Waals surface area (Å²) in [7, 11) is 5.20. The molecule has 2 saturated carbocycles. The number of phenols is 1. The smallest absolute Gasteiger partial charge is 0.235 e. The number of primary amides is 1. The number of ketones is 4. The maximum absolute atomic E-state index is 13.9. The van der Waals surface area contributed by atoms with E-state index in [-0.39, 0.29) is 30.2 Å². The third-order valence-corrected chi connectivity index (χ3v) is 9.32. The summed E-state index contributed by atoms with van der Waals surface area (Å²) in [4.78, 5) is 69.9. The lowest BCUT2D eigenvalue weighted by Gasteiger charge is -2.52. The zero-order valence-electron chi connectivity index (χ0n) is 22.5. The molecule has 0 spiro atoms. The van der Waals surface area contributed by atoms with E-state index in [4.69, 9.17) is 5.73 Å². The van der Waals surface area contributed by atoms with E-state index in [9.17, 15) is 34.2 Å². The predicted molar refractivity (Wildman–Crippen MR) is 139 cm³/mol. The lowest BCUT2D eigenvalue weighted by atomic mass is 9.52. The number of piperidine rings is 1. The van der Waals surface area contributed by atoms with E-state index >= 15 is 0 Å². The number of amides is 1. The number of hydrogen-bond donors (Lipinski definition) is 4. The van der Waals surface area contributed by atoms with Crippen molar-refractivity contribution in [2.75, 3.05) is 34.2 Å². The largest absolute Gasteiger partial charge is 0.507 e. The molecule has 39 heavy (non-hydrogen) atoms. The van der Waals surface area contributed by atoms with Crippen molar-refractivity contribution >= 4 is 29.0 Å². The highest BCUT2D eigenvalue weighted by atomic mass is 16.3. The van der Waals surface area contributed by atoms with Crippen LogP contribution in [0.15, 0.2) is 12.1 Å². The van der Waals surface area contributed by atoms with Crippen LogP contribution in [0, 0.1) is 23.7 Å². The number of nitrogens with two attached hydrogens (primary N) is 1. The summed E-state index contributed by atoms with van der Waals surface area (Å²) in [5, 5.41) is 26.2. The van der Waals surface area contributed by atoms with Gasteiger partial charge in [-0.05, 0) is 71.4 Å². The van der Waals surface area contributed by atoms with Gasteiger partial charge in [0, 0.05) is 24.1 Å². The fraction of sp³-hybridized carbons (Fsp3) is 0.607. The maximum atomic E-state index is 13.9. The van der Waals surface area contributed by atoms with Crippen LogP contribution in [-0.2, 0) is 32.1 Å². The zero-order chi connectivity index (χ0) is 28.4. The number of phenolic OH excluding ortho intramolecular Hbond substituents is 1. The monoisotopic (exact) mass is 540 g/mol. The lowest BCUT2D eigenvalue weighted by Crippen LogP contribution is -2.74. The van der Waals surface area contributed by atoms with Crippen molar-refractivity contribution in [2.24, 2.45) is 29.4 Å². The maximum Gasteiger partial charge on any atom is 0.235 e. The van der Waals surface area contributed by atoms with Crippen LogP contribution in [0.5, 0.6) is 5.75 Å². The molecule has 0 aromatic heterocycles. The number of likely N-dealkylation sites (N-methyl/N-ethyl adjacent to an activating group) is 1. The first-order valence-corrected chi connectivity index (χ1v) is 13.5. The Morgan fingerprint density at radius 2 is 1.82 bits per heavy atom. The number of hydrogen-bond acceptors (Lipinski definition) is 10. The van der Waals surface area contributed by atoms with Gasteiger partial charge >= 0.3 is 0 Å². The van der Waals surface area contributed by atoms with E-state index in [0.29, 0.717) is 17.7 Å². The Labute approximate surface area is 226 Å². The zero-order valence-corrected chi connectivity index (χ0v) is 22.5. The molecule has 3 fully saturated rings. The highest BCUT2D eigenvalue weighted by Crippen LogP contribution is 2.50. The Balaban J connectivity index is 1.47. The predicted octanol–water partition coefficient (Wildman–Crippen LogP) is -0.949. The first kappa shape index (κ1) is 27.6.